The maximum Gasteiger partial charge on any atom is 0.340 e. The number of benzene rings is 1. The largest absolute Gasteiger partial charge is 0.478 e. The molecule has 0 spiro atoms. The van der Waals surface area contributed by atoms with Crippen LogP contribution in [0, 0.1) is 12.8 Å². The second-order valence-corrected chi connectivity index (χ2v) is 8.84. The Kier molecular flexibility index (Phi) is 9.63. The summed E-state index contributed by atoms with van der Waals surface area (Å²) in [6, 6.07) is 3.42. The van der Waals surface area contributed by atoms with Crippen LogP contribution in [0.15, 0.2) is 30.4 Å². The SMILES string of the molecule is COCOc1cc(C)cc(/C=C/C[C@H]2OC(C)(C)O[C@@H]2C(O)/C=C\[C@H](C)[C@H](C)O)c1C(=O)O. The molecule has 1 saturated heterocycles. The Bertz CT molecular complexity index is 858. The van der Waals surface area contributed by atoms with Crippen molar-refractivity contribution in [1.29, 1.82) is 0 Å². The Morgan fingerprint density at radius 3 is 2.52 bits per heavy atom. The number of ether oxygens (including phenoxy) is 4. The lowest BCUT2D eigenvalue weighted by atomic mass is 9.99. The average molecular weight is 465 g/mol. The highest BCUT2D eigenvalue weighted by molar-refractivity contribution is 5.95. The van der Waals surface area contributed by atoms with E-state index in [4.69, 9.17) is 18.9 Å². The lowest BCUT2D eigenvalue weighted by Gasteiger charge is -2.20. The van der Waals surface area contributed by atoms with Gasteiger partial charge in [0.2, 0.25) is 0 Å². The molecule has 8 nitrogen and oxygen atoms in total. The molecule has 33 heavy (non-hydrogen) atoms. The number of hydrogen-bond acceptors (Lipinski definition) is 7. The number of carboxylic acids is 1. The Labute approximate surface area is 195 Å². The second-order valence-electron chi connectivity index (χ2n) is 8.84. The lowest BCUT2D eigenvalue weighted by molar-refractivity contribution is -0.152. The number of methoxy groups -OCH3 is 1. The number of aliphatic hydroxyl groups excluding tert-OH is 2. The molecule has 3 N–H and O–H groups in total. The zero-order valence-corrected chi connectivity index (χ0v) is 20.1. The van der Waals surface area contributed by atoms with Crippen LogP contribution in [-0.2, 0) is 14.2 Å². The molecule has 0 radical (unpaired) electrons. The van der Waals surface area contributed by atoms with Crippen molar-refractivity contribution in [2.24, 2.45) is 5.92 Å². The Morgan fingerprint density at radius 1 is 1.21 bits per heavy atom. The third kappa shape index (κ3) is 7.65. The number of carbonyl (C=O) groups is 1. The molecule has 1 aromatic carbocycles. The van der Waals surface area contributed by atoms with Crippen LogP contribution in [0.2, 0.25) is 0 Å². The minimum absolute atomic E-state index is 0.0458. The molecule has 1 aliphatic rings. The highest BCUT2D eigenvalue weighted by Crippen LogP contribution is 2.33. The van der Waals surface area contributed by atoms with E-state index in [9.17, 15) is 20.1 Å². The summed E-state index contributed by atoms with van der Waals surface area (Å²) in [4.78, 5) is 11.9. The molecule has 0 aliphatic carbocycles. The van der Waals surface area contributed by atoms with Crippen LogP contribution in [0.4, 0.5) is 0 Å². The Balaban J connectivity index is 2.21. The van der Waals surface area contributed by atoms with E-state index in [0.717, 1.165) is 5.56 Å². The van der Waals surface area contributed by atoms with Crippen LogP contribution in [0.25, 0.3) is 6.08 Å². The van der Waals surface area contributed by atoms with Gasteiger partial charge in [-0.15, -0.1) is 0 Å². The molecule has 0 bridgehead atoms. The molecule has 1 unspecified atom stereocenters. The van der Waals surface area contributed by atoms with E-state index in [1.54, 1.807) is 57.2 Å². The van der Waals surface area contributed by atoms with Gasteiger partial charge in [-0.2, -0.15) is 0 Å². The van der Waals surface area contributed by atoms with Gasteiger partial charge in [0.1, 0.15) is 23.5 Å². The summed E-state index contributed by atoms with van der Waals surface area (Å²) in [7, 11) is 1.47. The van der Waals surface area contributed by atoms with Gasteiger partial charge in [-0.1, -0.05) is 37.3 Å². The zero-order valence-electron chi connectivity index (χ0n) is 20.1. The topological polar surface area (TPSA) is 115 Å². The van der Waals surface area contributed by atoms with Crippen LogP contribution in [0.3, 0.4) is 0 Å². The van der Waals surface area contributed by atoms with Crippen molar-refractivity contribution >= 4 is 12.0 Å². The van der Waals surface area contributed by atoms with E-state index in [1.165, 1.54) is 7.11 Å². The molecule has 1 heterocycles. The molecule has 5 atom stereocenters. The first-order chi connectivity index (χ1) is 15.4. The van der Waals surface area contributed by atoms with Gasteiger partial charge in [0.25, 0.3) is 0 Å². The molecule has 0 aromatic heterocycles. The summed E-state index contributed by atoms with van der Waals surface area (Å²) in [5.74, 6) is -1.85. The molecule has 8 heteroatoms. The van der Waals surface area contributed by atoms with Crippen LogP contribution in [-0.4, -0.2) is 65.4 Å². The van der Waals surface area contributed by atoms with E-state index >= 15 is 0 Å². The van der Waals surface area contributed by atoms with Gasteiger partial charge in [-0.25, -0.2) is 4.79 Å². The highest BCUT2D eigenvalue weighted by atomic mass is 16.8. The maximum absolute atomic E-state index is 11.9. The van der Waals surface area contributed by atoms with E-state index in [1.807, 2.05) is 13.8 Å². The van der Waals surface area contributed by atoms with Gasteiger partial charge in [0.15, 0.2) is 12.6 Å². The predicted molar refractivity (Wildman–Crippen MR) is 124 cm³/mol. The smallest absolute Gasteiger partial charge is 0.340 e. The normalized spacial score (nSPS) is 23.2. The quantitative estimate of drug-likeness (QED) is 0.337. The van der Waals surface area contributed by atoms with Crippen molar-refractivity contribution in [2.45, 2.75) is 71.2 Å². The average Bonchev–Trinajstić information content (AvgIpc) is 3.03. The highest BCUT2D eigenvalue weighted by Gasteiger charge is 2.43. The number of aryl methyl sites for hydroxylation is 1. The summed E-state index contributed by atoms with van der Waals surface area (Å²) in [6.45, 7) is 8.90. The van der Waals surface area contributed by atoms with Crippen LogP contribution in [0.5, 0.6) is 5.75 Å². The fourth-order valence-corrected chi connectivity index (χ4v) is 3.60. The summed E-state index contributed by atoms with van der Waals surface area (Å²) in [5, 5.41) is 30.0. The summed E-state index contributed by atoms with van der Waals surface area (Å²) in [5.41, 5.74) is 1.39. The Morgan fingerprint density at radius 2 is 1.91 bits per heavy atom. The summed E-state index contributed by atoms with van der Waals surface area (Å²) < 4.78 is 22.2. The molecule has 2 rings (SSSR count). The van der Waals surface area contributed by atoms with Gasteiger partial charge in [0.05, 0.1) is 12.2 Å². The first-order valence-electron chi connectivity index (χ1n) is 11.0. The van der Waals surface area contributed by atoms with E-state index < -0.39 is 36.2 Å². The molecule has 184 valence electrons. The zero-order chi connectivity index (χ0) is 24.8. The fraction of sp³-hybridized carbons (Fsp3) is 0.560. The standard InChI is InChI=1S/C25H36O8/c1-15-12-18(22(24(28)29)21(13-15)31-14-30-6)8-7-9-20-23(33-25(4,5)32-20)19(27)11-10-16(2)17(3)26/h7-8,10-13,16-17,19-20,23,26-27H,9,14H2,1-6H3,(H,28,29)/b8-7+,11-10-/t16-,17-,19?,20+,23+/m0/s1. The molecule has 1 fully saturated rings. The van der Waals surface area contributed by atoms with Crippen LogP contribution < -0.4 is 4.74 Å². The minimum Gasteiger partial charge on any atom is -0.478 e. The van der Waals surface area contributed by atoms with Gasteiger partial charge < -0.3 is 34.3 Å². The second kappa shape index (κ2) is 11.8. The van der Waals surface area contributed by atoms with Crippen molar-refractivity contribution in [3.8, 4) is 5.75 Å². The third-order valence-corrected chi connectivity index (χ3v) is 5.42. The number of carboxylic acid groups (broad SMARTS) is 1. The molecule has 1 aliphatic heterocycles. The summed E-state index contributed by atoms with van der Waals surface area (Å²) >= 11 is 0. The first kappa shape index (κ1) is 27.0. The van der Waals surface area contributed by atoms with E-state index in [0.29, 0.717) is 12.0 Å². The molecule has 1 aromatic rings. The number of aromatic carboxylic acids is 1. The van der Waals surface area contributed by atoms with Crippen molar-refractivity contribution in [1.82, 2.24) is 0 Å². The fourth-order valence-electron chi connectivity index (χ4n) is 3.60. The first-order valence-corrected chi connectivity index (χ1v) is 11.0. The number of aliphatic hydroxyl groups is 2. The minimum atomic E-state index is -1.10. The van der Waals surface area contributed by atoms with Crippen molar-refractivity contribution < 1.29 is 39.1 Å². The maximum atomic E-state index is 11.9. The van der Waals surface area contributed by atoms with Crippen molar-refractivity contribution in [3.63, 3.8) is 0 Å². The summed E-state index contributed by atoms with van der Waals surface area (Å²) in [6.07, 6.45) is 4.77. The predicted octanol–water partition coefficient (Wildman–Crippen LogP) is 3.53. The molecular formula is C25H36O8. The molecular weight excluding hydrogens is 428 g/mol. The van der Waals surface area contributed by atoms with Crippen molar-refractivity contribution in [2.75, 3.05) is 13.9 Å². The van der Waals surface area contributed by atoms with Gasteiger partial charge in [-0.3, -0.25) is 0 Å². The Hall–Kier alpha value is -2.23. The van der Waals surface area contributed by atoms with Gasteiger partial charge in [0, 0.05) is 7.11 Å². The van der Waals surface area contributed by atoms with Crippen LogP contribution >= 0.6 is 0 Å². The lowest BCUT2D eigenvalue weighted by Crippen LogP contribution is -2.34. The third-order valence-electron chi connectivity index (χ3n) is 5.42. The van der Waals surface area contributed by atoms with Gasteiger partial charge in [-0.05, 0) is 57.2 Å². The molecule has 0 saturated carbocycles. The van der Waals surface area contributed by atoms with Crippen LogP contribution in [0.1, 0.15) is 55.6 Å². The number of rotatable bonds is 11. The van der Waals surface area contributed by atoms with E-state index in [-0.39, 0.29) is 24.0 Å². The van der Waals surface area contributed by atoms with E-state index in [2.05, 4.69) is 0 Å². The number of hydrogen-bond donors (Lipinski definition) is 3. The monoisotopic (exact) mass is 464 g/mol. The van der Waals surface area contributed by atoms with Crippen molar-refractivity contribution in [3.05, 3.63) is 47.1 Å². The molecule has 0 amide bonds. The van der Waals surface area contributed by atoms with Gasteiger partial charge >= 0.3 is 5.97 Å².